The smallest absolute Gasteiger partial charge is 0.126 e. The first-order valence-corrected chi connectivity index (χ1v) is 52.0. The number of aryl methyl sites for hydroxylation is 9. The number of halogens is 2. The van der Waals surface area contributed by atoms with E-state index in [2.05, 4.69) is 471 Å². The Bertz CT molecular complexity index is 5030. The number of aromatic nitrogens is 6. The summed E-state index contributed by atoms with van der Waals surface area (Å²) in [5.41, 5.74) is 29.6. The van der Waals surface area contributed by atoms with Crippen molar-refractivity contribution in [3.8, 4) is 0 Å². The third-order valence-corrected chi connectivity index (χ3v) is 25.0. The molecule has 7 nitrogen and oxygen atoms in total. The Morgan fingerprint density at radius 3 is 0.936 bits per heavy atom. The predicted molar refractivity (Wildman–Crippen MR) is 619 cm³/mol. The fraction of sp³-hybridized carbons (Fsp3) is 0.511. The molecule has 1 unspecified atom stereocenters. The first-order chi connectivity index (χ1) is 64.1. The molecule has 1 aliphatic rings. The van der Waals surface area contributed by atoms with Gasteiger partial charge in [-0.3, -0.25) is 29.9 Å². The second kappa shape index (κ2) is 57.3. The zero-order valence-corrected chi connectivity index (χ0v) is 99.2. The lowest BCUT2D eigenvalue weighted by Crippen LogP contribution is -2.38. The maximum Gasteiger partial charge on any atom is 0.126 e. The molecule has 1 saturated heterocycles. The van der Waals surface area contributed by atoms with Crippen molar-refractivity contribution in [3.63, 3.8) is 0 Å². The van der Waals surface area contributed by atoms with Crippen molar-refractivity contribution in [2.24, 2.45) is 11.3 Å². The number of piperidine rings is 1. The SMILES string of the molecule is CC(C)(C)c1ccccc1.CC(C)(C)c1cccnc1.CC(C)(C)c1cncs1.CN1CCCC(C(C)(C)C)C1.Cc1cc(C(C)(C)C)ccc1F.Cc1cc(C(C)(C)C)ccn1.Cc1ccc(C(C)(C)C)cc1.Cc1ccc(C(C)(C)C)cn1.Cc1ccc(F)c(C(C)(C)C)c1.Cc1cccc(C(C)(C)C)c1.Cc1cccc(C(C)(C)C)c1.Cc1cncc(C(C)(C)C)c1.Cc1cncc(C(C)(C)C)c1. The molecular weight excluding hydrogens is 1740 g/mol. The van der Waals surface area contributed by atoms with Crippen LogP contribution in [0.1, 0.15) is 399 Å². The van der Waals surface area contributed by atoms with E-state index in [0.717, 1.165) is 34.0 Å². The number of rotatable bonds is 0. The van der Waals surface area contributed by atoms with Crippen LogP contribution in [0.3, 0.4) is 0 Å². The number of hydrogen-bond acceptors (Lipinski definition) is 8. The van der Waals surface area contributed by atoms with Gasteiger partial charge in [-0.2, -0.15) is 0 Å². The topological polar surface area (TPSA) is 80.6 Å². The minimum absolute atomic E-state index is 0.101. The highest BCUT2D eigenvalue weighted by Gasteiger charge is 2.29. The number of hydrogen-bond donors (Lipinski definition) is 0. The van der Waals surface area contributed by atoms with Crippen LogP contribution in [0, 0.1) is 85.3 Å². The summed E-state index contributed by atoms with van der Waals surface area (Å²) in [6.07, 6.45) is 19.9. The van der Waals surface area contributed by atoms with Crippen molar-refractivity contribution >= 4 is 11.3 Å². The molecule has 0 spiro atoms. The molecule has 1 fully saturated rings. The van der Waals surface area contributed by atoms with Gasteiger partial charge in [-0.25, -0.2) is 8.78 Å². The summed E-state index contributed by atoms with van der Waals surface area (Å²) in [5.74, 6) is 0.678. The Kier molecular flexibility index (Phi) is 52.6. The number of thiazole rings is 1. The van der Waals surface area contributed by atoms with Crippen LogP contribution >= 0.6 is 11.3 Å². The maximum atomic E-state index is 13.3. The summed E-state index contributed by atoms with van der Waals surface area (Å²) in [4.78, 5) is 28.6. The summed E-state index contributed by atoms with van der Waals surface area (Å²) < 4.78 is 26.2. The van der Waals surface area contributed by atoms with Crippen LogP contribution in [0.25, 0.3) is 0 Å². The van der Waals surface area contributed by atoms with Gasteiger partial charge in [0.25, 0.3) is 0 Å². The van der Waals surface area contributed by atoms with E-state index in [1.807, 2.05) is 121 Å². The van der Waals surface area contributed by atoms with Gasteiger partial charge in [0.15, 0.2) is 0 Å². The molecule has 0 radical (unpaired) electrons. The van der Waals surface area contributed by atoms with E-state index in [9.17, 15) is 8.78 Å². The average molecular weight is 1940 g/mol. The molecule has 6 aromatic carbocycles. The Morgan fingerprint density at radius 1 is 0.270 bits per heavy atom. The predicted octanol–water partition coefficient (Wildman–Crippen LogP) is 37.7. The van der Waals surface area contributed by atoms with Crippen molar-refractivity contribution in [2.75, 3.05) is 20.1 Å². The number of nitrogens with zero attached hydrogens (tertiary/aromatic N) is 7. The molecule has 13 rings (SSSR count). The molecule has 0 amide bonds. The molecule has 776 valence electrons. The second-order valence-corrected chi connectivity index (χ2v) is 52.8. The van der Waals surface area contributed by atoms with Crippen molar-refractivity contribution in [2.45, 2.75) is 410 Å². The largest absolute Gasteiger partial charge is 0.306 e. The van der Waals surface area contributed by atoms with Gasteiger partial charge >= 0.3 is 0 Å². The van der Waals surface area contributed by atoms with Crippen molar-refractivity contribution in [3.05, 3.63) is 377 Å². The Morgan fingerprint density at radius 2 is 0.638 bits per heavy atom. The van der Waals surface area contributed by atoms with Crippen molar-refractivity contribution in [1.29, 1.82) is 0 Å². The monoisotopic (exact) mass is 1940 g/mol. The van der Waals surface area contributed by atoms with Crippen LogP contribution in [-0.2, 0) is 65.0 Å². The minimum Gasteiger partial charge on any atom is -0.306 e. The number of benzene rings is 6. The first-order valence-electron chi connectivity index (χ1n) is 51.1. The van der Waals surface area contributed by atoms with Crippen LogP contribution in [0.15, 0.2) is 249 Å². The van der Waals surface area contributed by atoms with E-state index >= 15 is 0 Å². The molecule has 6 aromatic heterocycles. The molecule has 7 heterocycles. The standard InChI is InChI=1S/2C11H15F.3C11H16.4C10H15N.C10H21N.C10H14.C9H13N.C7H11NS/c1-8-7-9(11(2,3)4)5-6-10(8)12;1-8-5-6-10(12)9(7-8)11(2,3)4;1-9-5-7-10(8-6-9)11(2,3)4;2*1-9-6-5-7-10(8-9)11(2,3)4;2*1-8-5-9(7-11-6-8)10(2,3)4;1-8-7-9(5-6-11-8)10(2,3)4;1-8-5-6-9(7-11-8)10(2,3)4;1-10(2,3)9-6-5-7-11(4)8-9;1-10(2,3)9-7-5-4-6-8-9;1-9(2,3)8-5-4-6-10-7-8;1-7(2,3)6-4-8-5-9-6/h2*5-7H,1-4H3;3*5-8H,1-4H3;4*5-7H,1-4H3;9H,5-8H2,1-4H3;4-8H,1-3H3;4-7H,1-3H3;4-5H,1-3H3. The zero-order valence-electron chi connectivity index (χ0n) is 98.4. The van der Waals surface area contributed by atoms with E-state index in [-0.39, 0.29) is 71.2 Å². The van der Waals surface area contributed by atoms with E-state index in [4.69, 9.17) is 0 Å². The van der Waals surface area contributed by atoms with E-state index in [0.29, 0.717) is 10.8 Å². The van der Waals surface area contributed by atoms with Gasteiger partial charge in [0.1, 0.15) is 11.6 Å². The zero-order chi connectivity index (χ0) is 109. The van der Waals surface area contributed by atoms with Crippen molar-refractivity contribution < 1.29 is 8.78 Å². The van der Waals surface area contributed by atoms with E-state index < -0.39 is 0 Å². The van der Waals surface area contributed by atoms with Gasteiger partial charge in [-0.05, 0) is 279 Å². The lowest BCUT2D eigenvalue weighted by atomic mass is 9.76. The minimum atomic E-state index is -0.122. The van der Waals surface area contributed by atoms with Gasteiger partial charge in [0, 0.05) is 78.6 Å². The second-order valence-electron chi connectivity index (χ2n) is 51.9. The maximum absolute atomic E-state index is 13.3. The molecule has 0 bridgehead atoms. The molecule has 141 heavy (non-hydrogen) atoms. The fourth-order valence-corrected chi connectivity index (χ4v) is 14.4. The van der Waals surface area contributed by atoms with Crippen LogP contribution in [-0.4, -0.2) is 54.9 Å². The molecule has 1 atom stereocenters. The van der Waals surface area contributed by atoms with Crippen LogP contribution < -0.4 is 0 Å². The van der Waals surface area contributed by atoms with E-state index in [1.54, 1.807) is 30.5 Å². The van der Waals surface area contributed by atoms with Gasteiger partial charge in [-0.1, -0.05) is 444 Å². The van der Waals surface area contributed by atoms with Crippen LogP contribution in [0.5, 0.6) is 0 Å². The summed E-state index contributed by atoms with van der Waals surface area (Å²) in [7, 11) is 2.23. The summed E-state index contributed by atoms with van der Waals surface area (Å²) in [6.45, 7) is 107. The molecule has 0 N–H and O–H groups in total. The lowest BCUT2D eigenvalue weighted by Gasteiger charge is -2.38. The third-order valence-electron chi connectivity index (χ3n) is 23.8. The van der Waals surface area contributed by atoms with Crippen molar-refractivity contribution in [1.82, 2.24) is 34.8 Å². The van der Waals surface area contributed by atoms with Gasteiger partial charge in [0.2, 0.25) is 0 Å². The van der Waals surface area contributed by atoms with Gasteiger partial charge in [-0.15, -0.1) is 11.3 Å². The molecule has 0 saturated carbocycles. The number of likely N-dealkylation sites (tertiary alicyclic amines) is 1. The highest BCUT2D eigenvalue weighted by Crippen LogP contribution is 2.35. The molecule has 0 aliphatic carbocycles. The first kappa shape index (κ1) is 130. The van der Waals surface area contributed by atoms with Gasteiger partial charge in [0.05, 0.1) is 5.51 Å². The van der Waals surface area contributed by atoms with E-state index in [1.165, 1.54) is 126 Å². The molecule has 1 aliphatic heterocycles. The van der Waals surface area contributed by atoms with Gasteiger partial charge < -0.3 is 4.90 Å². The summed E-state index contributed by atoms with van der Waals surface area (Å²) >= 11 is 1.72. The number of pyridine rings is 5. The Hall–Kier alpha value is -9.48. The summed E-state index contributed by atoms with van der Waals surface area (Å²) in [5, 5.41) is 0. The molecular formula is C131H197F2N7S. The van der Waals surface area contributed by atoms with Crippen LogP contribution in [0.4, 0.5) is 8.78 Å². The Balaban J connectivity index is 0.000000764. The normalized spacial score (nSPS) is 13.0. The highest BCUT2D eigenvalue weighted by molar-refractivity contribution is 7.09. The molecule has 12 aromatic rings. The quantitative estimate of drug-likeness (QED) is 0.150. The lowest BCUT2D eigenvalue weighted by molar-refractivity contribution is 0.118. The highest BCUT2D eigenvalue weighted by atomic mass is 32.1. The Labute approximate surface area is 868 Å². The fourth-order valence-electron chi connectivity index (χ4n) is 13.7. The molecule has 10 heteroatoms. The van der Waals surface area contributed by atoms with Crippen LogP contribution in [0.2, 0.25) is 0 Å². The average Bonchev–Trinajstić information content (AvgIpc) is 1.38. The third kappa shape index (κ3) is 55.3. The summed E-state index contributed by atoms with van der Waals surface area (Å²) in [6, 6.07) is 64.1.